The van der Waals surface area contributed by atoms with Crippen LogP contribution < -0.4 is 5.32 Å². The van der Waals surface area contributed by atoms with Crippen LogP contribution in [-0.2, 0) is 0 Å². The molecule has 118 valence electrons. The Morgan fingerprint density at radius 1 is 0.958 bits per heavy atom. The summed E-state index contributed by atoms with van der Waals surface area (Å²) in [6.07, 6.45) is 1.52. The molecule has 6 heteroatoms. The van der Waals surface area contributed by atoms with Gasteiger partial charge in [0.15, 0.2) is 11.6 Å². The van der Waals surface area contributed by atoms with E-state index in [0.29, 0.717) is 11.4 Å². The van der Waals surface area contributed by atoms with Crippen LogP contribution in [0.5, 0.6) is 0 Å². The highest BCUT2D eigenvalue weighted by Gasteiger charge is 2.10. The lowest BCUT2D eigenvalue weighted by atomic mass is 10.1. The zero-order chi connectivity index (χ0) is 16.5. The first-order chi connectivity index (χ1) is 11.7. The molecule has 0 aliphatic heterocycles. The Balaban J connectivity index is 1.60. The van der Waals surface area contributed by atoms with Gasteiger partial charge in [-0.25, -0.2) is 18.7 Å². The molecule has 2 aromatic carbocycles. The fourth-order valence-electron chi connectivity index (χ4n) is 2.44. The van der Waals surface area contributed by atoms with Crippen LogP contribution in [-0.4, -0.2) is 9.97 Å². The SMILES string of the molecule is Fc1cccc(-c2ccc(Nc3ccc4scnc4c3)nc2)c1F. The summed E-state index contributed by atoms with van der Waals surface area (Å²) in [5.74, 6) is -1.12. The molecule has 0 atom stereocenters. The first kappa shape index (κ1) is 14.7. The Morgan fingerprint density at radius 2 is 1.88 bits per heavy atom. The summed E-state index contributed by atoms with van der Waals surface area (Å²) in [4.78, 5) is 8.54. The number of anilines is 2. The van der Waals surface area contributed by atoms with Crippen LogP contribution >= 0.6 is 11.3 Å². The molecule has 2 heterocycles. The molecule has 0 spiro atoms. The Morgan fingerprint density at radius 3 is 2.71 bits per heavy atom. The van der Waals surface area contributed by atoms with E-state index in [4.69, 9.17) is 0 Å². The van der Waals surface area contributed by atoms with Gasteiger partial charge >= 0.3 is 0 Å². The molecule has 3 nitrogen and oxygen atoms in total. The number of benzene rings is 2. The van der Waals surface area contributed by atoms with E-state index in [1.807, 2.05) is 18.2 Å². The Hall–Kier alpha value is -2.86. The fourth-order valence-corrected chi connectivity index (χ4v) is 3.10. The summed E-state index contributed by atoms with van der Waals surface area (Å²) in [5.41, 5.74) is 4.30. The zero-order valence-electron chi connectivity index (χ0n) is 12.3. The summed E-state index contributed by atoms with van der Waals surface area (Å²) in [6, 6.07) is 13.4. The smallest absolute Gasteiger partial charge is 0.166 e. The lowest BCUT2D eigenvalue weighted by Crippen LogP contribution is -1.94. The van der Waals surface area contributed by atoms with Gasteiger partial charge in [0, 0.05) is 23.0 Å². The number of halogens is 2. The average molecular weight is 339 g/mol. The van der Waals surface area contributed by atoms with E-state index >= 15 is 0 Å². The van der Waals surface area contributed by atoms with Crippen LogP contribution in [0.3, 0.4) is 0 Å². The highest BCUT2D eigenvalue weighted by Crippen LogP contribution is 2.26. The van der Waals surface area contributed by atoms with E-state index < -0.39 is 11.6 Å². The first-order valence-corrected chi connectivity index (χ1v) is 8.09. The molecule has 0 radical (unpaired) electrons. The molecule has 0 aliphatic rings. The van der Waals surface area contributed by atoms with Gasteiger partial charge in [-0.15, -0.1) is 11.3 Å². The van der Waals surface area contributed by atoms with E-state index in [9.17, 15) is 8.78 Å². The van der Waals surface area contributed by atoms with E-state index in [-0.39, 0.29) is 5.56 Å². The lowest BCUT2D eigenvalue weighted by molar-refractivity contribution is 0.511. The van der Waals surface area contributed by atoms with Crippen molar-refractivity contribution in [3.05, 3.63) is 71.9 Å². The quantitative estimate of drug-likeness (QED) is 0.544. The van der Waals surface area contributed by atoms with Crippen molar-refractivity contribution in [1.82, 2.24) is 9.97 Å². The molecule has 2 aromatic heterocycles. The minimum Gasteiger partial charge on any atom is -0.340 e. The monoisotopic (exact) mass is 339 g/mol. The third-order valence-electron chi connectivity index (χ3n) is 3.63. The second-order valence-corrected chi connectivity index (χ2v) is 6.08. The van der Waals surface area contributed by atoms with Crippen molar-refractivity contribution in [3.8, 4) is 11.1 Å². The Labute approximate surface area is 140 Å². The van der Waals surface area contributed by atoms with Crippen molar-refractivity contribution in [2.75, 3.05) is 5.32 Å². The number of thiazole rings is 1. The van der Waals surface area contributed by atoms with Gasteiger partial charge in [0.25, 0.3) is 0 Å². The summed E-state index contributed by atoms with van der Waals surface area (Å²) < 4.78 is 28.3. The van der Waals surface area contributed by atoms with Crippen molar-refractivity contribution < 1.29 is 8.78 Å². The predicted octanol–water partition coefficient (Wildman–Crippen LogP) is 5.38. The first-order valence-electron chi connectivity index (χ1n) is 7.21. The molecule has 1 N–H and O–H groups in total. The van der Waals surface area contributed by atoms with E-state index in [1.54, 1.807) is 29.0 Å². The predicted molar refractivity (Wildman–Crippen MR) is 92.5 cm³/mol. The van der Waals surface area contributed by atoms with Crippen molar-refractivity contribution in [1.29, 1.82) is 0 Å². The van der Waals surface area contributed by atoms with Gasteiger partial charge < -0.3 is 5.32 Å². The zero-order valence-corrected chi connectivity index (χ0v) is 13.1. The van der Waals surface area contributed by atoms with Gasteiger partial charge in [0.2, 0.25) is 0 Å². The van der Waals surface area contributed by atoms with Gasteiger partial charge in [-0.1, -0.05) is 12.1 Å². The van der Waals surface area contributed by atoms with Crippen LogP contribution in [0.2, 0.25) is 0 Å². The summed E-state index contributed by atoms with van der Waals surface area (Å²) in [5, 5.41) is 3.18. The Kier molecular flexibility index (Phi) is 3.66. The third kappa shape index (κ3) is 2.72. The second kappa shape index (κ2) is 5.98. The van der Waals surface area contributed by atoms with Crippen LogP contribution in [0.15, 0.2) is 60.2 Å². The summed E-state index contributed by atoms with van der Waals surface area (Å²) >= 11 is 1.58. The standard InChI is InChI=1S/C18H11F2N3S/c19-14-3-1-2-13(18(14)20)11-4-7-17(21-9-11)23-12-5-6-16-15(8-12)22-10-24-16/h1-10H,(H,21,23). The maximum absolute atomic E-state index is 13.8. The average Bonchev–Trinajstić information content (AvgIpc) is 3.06. The molecule has 4 aromatic rings. The van der Waals surface area contributed by atoms with Crippen LogP contribution in [0.4, 0.5) is 20.3 Å². The number of hydrogen-bond donors (Lipinski definition) is 1. The molecule has 24 heavy (non-hydrogen) atoms. The maximum atomic E-state index is 13.8. The van der Waals surface area contributed by atoms with E-state index in [2.05, 4.69) is 15.3 Å². The third-order valence-corrected chi connectivity index (χ3v) is 4.44. The number of pyridine rings is 1. The number of hydrogen-bond acceptors (Lipinski definition) is 4. The molecule has 0 amide bonds. The number of nitrogens with one attached hydrogen (secondary N) is 1. The largest absolute Gasteiger partial charge is 0.340 e. The molecule has 4 rings (SSSR count). The van der Waals surface area contributed by atoms with E-state index in [0.717, 1.165) is 22.0 Å². The molecular formula is C18H11F2N3S. The van der Waals surface area contributed by atoms with Crippen molar-refractivity contribution in [2.24, 2.45) is 0 Å². The number of fused-ring (bicyclic) bond motifs is 1. The minimum absolute atomic E-state index is 0.193. The molecule has 0 saturated carbocycles. The molecule has 0 bridgehead atoms. The fraction of sp³-hybridized carbons (Fsp3) is 0. The van der Waals surface area contributed by atoms with Crippen LogP contribution in [0.25, 0.3) is 21.3 Å². The molecule has 0 fully saturated rings. The minimum atomic E-state index is -0.869. The summed E-state index contributed by atoms with van der Waals surface area (Å²) in [6.45, 7) is 0. The summed E-state index contributed by atoms with van der Waals surface area (Å²) in [7, 11) is 0. The normalized spacial score (nSPS) is 10.9. The second-order valence-electron chi connectivity index (χ2n) is 5.19. The molecule has 0 saturated heterocycles. The molecule has 0 aliphatic carbocycles. The van der Waals surface area contributed by atoms with Gasteiger partial charge in [0.1, 0.15) is 5.82 Å². The number of aromatic nitrogens is 2. The van der Waals surface area contributed by atoms with Gasteiger partial charge in [-0.3, -0.25) is 0 Å². The van der Waals surface area contributed by atoms with Crippen LogP contribution in [0.1, 0.15) is 0 Å². The Bertz CT molecular complexity index is 1010. The maximum Gasteiger partial charge on any atom is 0.166 e. The van der Waals surface area contributed by atoms with E-state index in [1.165, 1.54) is 18.3 Å². The number of rotatable bonds is 3. The van der Waals surface area contributed by atoms with Gasteiger partial charge in [-0.2, -0.15) is 0 Å². The van der Waals surface area contributed by atoms with Crippen molar-refractivity contribution in [3.63, 3.8) is 0 Å². The van der Waals surface area contributed by atoms with Crippen LogP contribution in [0, 0.1) is 11.6 Å². The molecule has 0 unspecified atom stereocenters. The topological polar surface area (TPSA) is 37.8 Å². The van der Waals surface area contributed by atoms with Crippen molar-refractivity contribution in [2.45, 2.75) is 0 Å². The van der Waals surface area contributed by atoms with Crippen molar-refractivity contribution >= 4 is 33.1 Å². The van der Waals surface area contributed by atoms with Gasteiger partial charge in [-0.05, 0) is 36.4 Å². The number of nitrogens with zero attached hydrogens (tertiary/aromatic N) is 2. The lowest BCUT2D eigenvalue weighted by Gasteiger charge is -2.08. The highest BCUT2D eigenvalue weighted by molar-refractivity contribution is 7.16. The van der Waals surface area contributed by atoms with Gasteiger partial charge in [0.05, 0.1) is 15.7 Å². The molecular weight excluding hydrogens is 328 g/mol. The highest BCUT2D eigenvalue weighted by atomic mass is 32.1.